The fourth-order valence-corrected chi connectivity index (χ4v) is 3.43. The molecule has 0 aromatic heterocycles. The van der Waals surface area contributed by atoms with Crippen molar-refractivity contribution < 1.29 is 14.4 Å². The van der Waals surface area contributed by atoms with E-state index in [0.29, 0.717) is 0 Å². The number of primary amides is 1. The Kier molecular flexibility index (Phi) is 1.97. The van der Waals surface area contributed by atoms with Crippen molar-refractivity contribution in [2.24, 2.45) is 29.4 Å². The standard InChI is InChI=1S/C12H14N2O3/c1-5(10(13)15)14-11(16)8-6-2-3-7(4-6)9(8)12(14)17/h2-3,5-9H,4H2,1H3,(H2,13,15)/t5-,6-,7-,8-,9+/m0/s1. The number of amides is 3. The van der Waals surface area contributed by atoms with Crippen molar-refractivity contribution in [1.82, 2.24) is 4.90 Å². The summed E-state index contributed by atoms with van der Waals surface area (Å²) in [6.45, 7) is 1.51. The van der Waals surface area contributed by atoms with Crippen LogP contribution >= 0.6 is 0 Å². The molecule has 1 saturated carbocycles. The van der Waals surface area contributed by atoms with Crippen molar-refractivity contribution in [3.63, 3.8) is 0 Å². The molecule has 0 aromatic rings. The molecule has 2 aliphatic carbocycles. The molecule has 3 rings (SSSR count). The number of imide groups is 1. The smallest absolute Gasteiger partial charge is 0.240 e. The number of carbonyl (C=O) groups excluding carboxylic acids is 3. The van der Waals surface area contributed by atoms with Gasteiger partial charge < -0.3 is 5.73 Å². The summed E-state index contributed by atoms with van der Waals surface area (Å²) in [5, 5.41) is 0. The summed E-state index contributed by atoms with van der Waals surface area (Å²) in [5.74, 6) is -1.23. The van der Waals surface area contributed by atoms with Crippen LogP contribution in [0.4, 0.5) is 0 Å². The maximum Gasteiger partial charge on any atom is 0.240 e. The Morgan fingerprint density at radius 3 is 2.18 bits per heavy atom. The number of hydrogen-bond acceptors (Lipinski definition) is 3. The summed E-state index contributed by atoms with van der Waals surface area (Å²) >= 11 is 0. The zero-order valence-corrected chi connectivity index (χ0v) is 9.50. The van der Waals surface area contributed by atoms with Crippen molar-refractivity contribution in [2.75, 3.05) is 0 Å². The van der Waals surface area contributed by atoms with Gasteiger partial charge in [0.15, 0.2) is 0 Å². The van der Waals surface area contributed by atoms with Crippen LogP contribution in [0.15, 0.2) is 12.2 Å². The normalized spacial score (nSPS) is 39.9. The van der Waals surface area contributed by atoms with Crippen molar-refractivity contribution in [3.05, 3.63) is 12.2 Å². The molecular formula is C12H14N2O3. The van der Waals surface area contributed by atoms with Crippen molar-refractivity contribution in [3.8, 4) is 0 Å². The predicted molar refractivity (Wildman–Crippen MR) is 58.2 cm³/mol. The first kappa shape index (κ1) is 10.5. The van der Waals surface area contributed by atoms with Crippen LogP contribution in [0.3, 0.4) is 0 Å². The van der Waals surface area contributed by atoms with Crippen LogP contribution in [-0.4, -0.2) is 28.7 Å². The number of allylic oxidation sites excluding steroid dienone is 2. The lowest BCUT2D eigenvalue weighted by Crippen LogP contribution is -2.47. The Morgan fingerprint density at radius 2 is 1.76 bits per heavy atom. The van der Waals surface area contributed by atoms with E-state index in [0.717, 1.165) is 11.3 Å². The fourth-order valence-electron chi connectivity index (χ4n) is 3.43. The Bertz CT molecular complexity index is 427. The van der Waals surface area contributed by atoms with Crippen LogP contribution in [-0.2, 0) is 14.4 Å². The highest BCUT2D eigenvalue weighted by molar-refractivity contribution is 6.09. The first-order valence-electron chi connectivity index (χ1n) is 5.87. The highest BCUT2D eigenvalue weighted by atomic mass is 16.2. The van der Waals surface area contributed by atoms with Gasteiger partial charge in [0.25, 0.3) is 0 Å². The summed E-state index contributed by atoms with van der Waals surface area (Å²) in [5.41, 5.74) is 5.17. The first-order valence-corrected chi connectivity index (χ1v) is 5.87. The largest absolute Gasteiger partial charge is 0.368 e. The topological polar surface area (TPSA) is 80.5 Å². The molecule has 3 aliphatic rings. The molecule has 1 saturated heterocycles. The van der Waals surface area contributed by atoms with E-state index in [9.17, 15) is 14.4 Å². The SMILES string of the molecule is C[C@@H](C(N)=O)N1C(=O)[C@@H]2[C@H](C1=O)[C@H]1C=C[C@H]2C1. The monoisotopic (exact) mass is 234 g/mol. The van der Waals surface area contributed by atoms with Crippen molar-refractivity contribution in [2.45, 2.75) is 19.4 Å². The van der Waals surface area contributed by atoms with E-state index in [1.165, 1.54) is 6.92 Å². The van der Waals surface area contributed by atoms with Crippen LogP contribution in [0.1, 0.15) is 13.3 Å². The van der Waals surface area contributed by atoms with Gasteiger partial charge in [-0.15, -0.1) is 0 Å². The van der Waals surface area contributed by atoms with Gasteiger partial charge in [-0.3, -0.25) is 19.3 Å². The molecule has 90 valence electrons. The van der Waals surface area contributed by atoms with E-state index in [4.69, 9.17) is 5.73 Å². The third-order valence-electron chi connectivity index (χ3n) is 4.30. The van der Waals surface area contributed by atoms with Crippen molar-refractivity contribution >= 4 is 17.7 Å². The third-order valence-corrected chi connectivity index (χ3v) is 4.30. The van der Waals surface area contributed by atoms with Gasteiger partial charge >= 0.3 is 0 Å². The lowest BCUT2D eigenvalue weighted by Gasteiger charge is -2.21. The van der Waals surface area contributed by atoms with Crippen LogP contribution in [0.2, 0.25) is 0 Å². The average molecular weight is 234 g/mol. The summed E-state index contributed by atoms with van der Waals surface area (Å²) < 4.78 is 0. The molecule has 0 radical (unpaired) electrons. The molecule has 1 aliphatic heterocycles. The van der Waals surface area contributed by atoms with Gasteiger partial charge in [0.05, 0.1) is 11.8 Å². The fraction of sp³-hybridized carbons (Fsp3) is 0.583. The summed E-state index contributed by atoms with van der Waals surface area (Å²) in [4.78, 5) is 36.6. The lowest BCUT2D eigenvalue weighted by molar-refractivity contribution is -0.147. The number of fused-ring (bicyclic) bond motifs is 5. The third kappa shape index (κ3) is 1.16. The Balaban J connectivity index is 1.95. The number of nitrogens with zero attached hydrogens (tertiary/aromatic N) is 1. The maximum atomic E-state index is 12.2. The van der Waals surface area contributed by atoms with Crippen LogP contribution in [0, 0.1) is 23.7 Å². The average Bonchev–Trinajstić information content (AvgIpc) is 2.92. The molecule has 0 unspecified atom stereocenters. The minimum atomic E-state index is -0.833. The Labute approximate surface area is 98.6 Å². The van der Waals surface area contributed by atoms with Gasteiger partial charge in [-0.05, 0) is 25.2 Å². The molecule has 2 N–H and O–H groups in total. The van der Waals surface area contributed by atoms with E-state index in [1.54, 1.807) is 0 Å². The Morgan fingerprint density at radius 1 is 1.29 bits per heavy atom. The predicted octanol–water partition coefficient (Wildman–Crippen LogP) is -0.333. The van der Waals surface area contributed by atoms with E-state index in [-0.39, 0.29) is 35.5 Å². The number of nitrogens with two attached hydrogens (primary N) is 1. The molecule has 5 atom stereocenters. The van der Waals surface area contributed by atoms with Crippen LogP contribution in [0.5, 0.6) is 0 Å². The molecule has 3 amide bonds. The second-order valence-electron chi connectivity index (χ2n) is 5.12. The van der Waals surface area contributed by atoms with Gasteiger partial charge in [-0.25, -0.2) is 0 Å². The van der Waals surface area contributed by atoms with Gasteiger partial charge in [0.2, 0.25) is 17.7 Å². The van der Waals surface area contributed by atoms with Gasteiger partial charge in [-0.1, -0.05) is 12.2 Å². The molecule has 0 aromatic carbocycles. The van der Waals surface area contributed by atoms with Gasteiger partial charge in [-0.2, -0.15) is 0 Å². The highest BCUT2D eigenvalue weighted by Crippen LogP contribution is 2.52. The van der Waals surface area contributed by atoms with Gasteiger partial charge in [0.1, 0.15) is 6.04 Å². The molecule has 5 heteroatoms. The molecule has 1 heterocycles. The van der Waals surface area contributed by atoms with Gasteiger partial charge in [0, 0.05) is 0 Å². The zero-order chi connectivity index (χ0) is 12.3. The number of carbonyl (C=O) groups is 3. The number of hydrogen-bond donors (Lipinski definition) is 1. The van der Waals surface area contributed by atoms with Crippen molar-refractivity contribution in [1.29, 1.82) is 0 Å². The second kappa shape index (κ2) is 3.18. The zero-order valence-electron chi connectivity index (χ0n) is 9.50. The molecule has 17 heavy (non-hydrogen) atoms. The lowest BCUT2D eigenvalue weighted by atomic mass is 9.85. The van der Waals surface area contributed by atoms with E-state index in [2.05, 4.69) is 0 Å². The minimum Gasteiger partial charge on any atom is -0.368 e. The first-order chi connectivity index (χ1) is 8.02. The van der Waals surface area contributed by atoms with E-state index < -0.39 is 11.9 Å². The minimum absolute atomic E-state index is 0.173. The molecule has 2 bridgehead atoms. The molecular weight excluding hydrogens is 220 g/mol. The molecule has 5 nitrogen and oxygen atoms in total. The summed E-state index contributed by atoms with van der Waals surface area (Å²) in [6.07, 6.45) is 4.94. The Hall–Kier alpha value is -1.65. The summed E-state index contributed by atoms with van der Waals surface area (Å²) in [6, 6.07) is -0.833. The number of likely N-dealkylation sites (tertiary alicyclic amines) is 1. The van der Waals surface area contributed by atoms with E-state index in [1.807, 2.05) is 12.2 Å². The second-order valence-corrected chi connectivity index (χ2v) is 5.12. The molecule has 2 fully saturated rings. The quantitative estimate of drug-likeness (QED) is 0.524. The van der Waals surface area contributed by atoms with Crippen LogP contribution < -0.4 is 5.73 Å². The summed E-state index contributed by atoms with van der Waals surface area (Å²) in [7, 11) is 0. The van der Waals surface area contributed by atoms with Crippen LogP contribution in [0.25, 0.3) is 0 Å². The highest BCUT2D eigenvalue weighted by Gasteiger charge is 2.60. The number of rotatable bonds is 2. The van der Waals surface area contributed by atoms with E-state index >= 15 is 0 Å². The maximum absolute atomic E-state index is 12.2. The molecule has 0 spiro atoms.